The molecule has 0 atom stereocenters. The fourth-order valence-electron chi connectivity index (χ4n) is 2.61. The highest BCUT2D eigenvalue weighted by Crippen LogP contribution is 2.29. The van der Waals surface area contributed by atoms with Gasteiger partial charge in [-0.2, -0.15) is 0 Å². The first-order valence-electron chi connectivity index (χ1n) is 7.96. The van der Waals surface area contributed by atoms with E-state index >= 15 is 0 Å². The zero-order chi connectivity index (χ0) is 16.8. The number of rotatable bonds is 5. The number of hydrogen-bond donors (Lipinski definition) is 1. The van der Waals surface area contributed by atoms with Crippen molar-refractivity contribution in [3.63, 3.8) is 0 Å². The average Bonchev–Trinajstić information content (AvgIpc) is 2.99. The van der Waals surface area contributed by atoms with Gasteiger partial charge in [-0.05, 0) is 31.2 Å². The van der Waals surface area contributed by atoms with Crippen LogP contribution >= 0.6 is 11.3 Å². The molecule has 2 aromatic rings. The zero-order valence-electron chi connectivity index (χ0n) is 13.7. The minimum atomic E-state index is 0.0306. The van der Waals surface area contributed by atoms with Gasteiger partial charge in [-0.15, -0.1) is 11.3 Å². The Morgan fingerprint density at radius 2 is 2.25 bits per heavy atom. The number of benzene rings is 1. The van der Waals surface area contributed by atoms with E-state index in [2.05, 4.69) is 10.3 Å². The Hall–Kier alpha value is -2.12. The Morgan fingerprint density at radius 3 is 3.04 bits per heavy atom. The Kier molecular flexibility index (Phi) is 5.66. The molecule has 3 rings (SSSR count). The molecule has 24 heavy (non-hydrogen) atoms. The van der Waals surface area contributed by atoms with Crippen molar-refractivity contribution < 1.29 is 14.3 Å². The van der Waals surface area contributed by atoms with Crippen LogP contribution in [-0.2, 0) is 6.61 Å². The lowest BCUT2D eigenvalue weighted by Gasteiger charge is -2.20. The van der Waals surface area contributed by atoms with Crippen molar-refractivity contribution in [1.29, 1.82) is 0 Å². The standard InChI is InChI=1S/C17H21N3O3S/c1-22-16-9-13(17(21)20-7-2-5-18-6-8-20)3-4-15(16)23-10-14-11-24-12-19-14/h3-4,9,11-12,18H,2,5-8,10H2,1H3. The average molecular weight is 347 g/mol. The summed E-state index contributed by atoms with van der Waals surface area (Å²) in [5, 5.41) is 5.24. The summed E-state index contributed by atoms with van der Waals surface area (Å²) in [6.45, 7) is 3.67. The summed E-state index contributed by atoms with van der Waals surface area (Å²) in [5.41, 5.74) is 3.27. The van der Waals surface area contributed by atoms with Crippen LogP contribution in [0.15, 0.2) is 29.1 Å². The number of hydrogen-bond acceptors (Lipinski definition) is 6. The first-order chi connectivity index (χ1) is 11.8. The Morgan fingerprint density at radius 1 is 1.33 bits per heavy atom. The van der Waals surface area contributed by atoms with Gasteiger partial charge in [-0.25, -0.2) is 4.98 Å². The smallest absolute Gasteiger partial charge is 0.254 e. The van der Waals surface area contributed by atoms with Crippen molar-refractivity contribution in [2.24, 2.45) is 0 Å². The molecule has 1 fully saturated rings. The number of aromatic nitrogens is 1. The molecule has 1 N–H and O–H groups in total. The topological polar surface area (TPSA) is 63.7 Å². The third kappa shape index (κ3) is 4.04. The molecule has 128 valence electrons. The normalized spacial score (nSPS) is 15.0. The molecule has 1 saturated heterocycles. The molecule has 0 radical (unpaired) electrons. The van der Waals surface area contributed by atoms with Crippen LogP contribution in [0.5, 0.6) is 11.5 Å². The van der Waals surface area contributed by atoms with E-state index in [9.17, 15) is 4.79 Å². The molecular weight excluding hydrogens is 326 g/mol. The first kappa shape index (κ1) is 16.7. The summed E-state index contributed by atoms with van der Waals surface area (Å²) in [5.74, 6) is 1.20. The first-order valence-corrected chi connectivity index (χ1v) is 8.90. The zero-order valence-corrected chi connectivity index (χ0v) is 14.5. The maximum atomic E-state index is 12.7. The molecule has 1 aromatic heterocycles. The summed E-state index contributed by atoms with van der Waals surface area (Å²) < 4.78 is 11.1. The molecule has 0 aliphatic carbocycles. The van der Waals surface area contributed by atoms with Gasteiger partial charge in [-0.3, -0.25) is 4.79 Å². The number of nitrogens with one attached hydrogen (secondary N) is 1. The van der Waals surface area contributed by atoms with E-state index in [-0.39, 0.29) is 5.91 Å². The summed E-state index contributed by atoms with van der Waals surface area (Å²) in [6, 6.07) is 5.32. The lowest BCUT2D eigenvalue weighted by Crippen LogP contribution is -2.34. The van der Waals surface area contributed by atoms with Crippen molar-refractivity contribution in [3.05, 3.63) is 40.3 Å². The van der Waals surface area contributed by atoms with E-state index < -0.39 is 0 Å². The molecule has 0 saturated carbocycles. The molecule has 1 amide bonds. The molecule has 7 heteroatoms. The van der Waals surface area contributed by atoms with Gasteiger partial charge >= 0.3 is 0 Å². The largest absolute Gasteiger partial charge is 0.493 e. The molecule has 1 aliphatic rings. The third-order valence-corrected chi connectivity index (χ3v) is 4.53. The van der Waals surface area contributed by atoms with Gasteiger partial charge in [0.15, 0.2) is 11.5 Å². The van der Waals surface area contributed by atoms with Crippen molar-refractivity contribution in [1.82, 2.24) is 15.2 Å². The number of methoxy groups -OCH3 is 1. The van der Waals surface area contributed by atoms with Crippen molar-refractivity contribution in [2.45, 2.75) is 13.0 Å². The van der Waals surface area contributed by atoms with Gasteiger partial charge < -0.3 is 19.7 Å². The second-order valence-corrected chi connectivity index (χ2v) is 6.25. The Labute approximate surface area is 145 Å². The van der Waals surface area contributed by atoms with E-state index in [1.165, 1.54) is 11.3 Å². The summed E-state index contributed by atoms with van der Waals surface area (Å²) >= 11 is 1.53. The van der Waals surface area contributed by atoms with Crippen LogP contribution < -0.4 is 14.8 Å². The highest BCUT2D eigenvalue weighted by atomic mass is 32.1. The highest BCUT2D eigenvalue weighted by Gasteiger charge is 2.19. The van der Waals surface area contributed by atoms with E-state index in [0.29, 0.717) is 23.7 Å². The maximum absolute atomic E-state index is 12.7. The van der Waals surface area contributed by atoms with Gasteiger partial charge in [0.2, 0.25) is 0 Å². The maximum Gasteiger partial charge on any atom is 0.254 e. The van der Waals surface area contributed by atoms with Crippen molar-refractivity contribution >= 4 is 17.2 Å². The molecule has 0 spiro atoms. The van der Waals surface area contributed by atoms with Gasteiger partial charge in [0.05, 0.1) is 18.3 Å². The van der Waals surface area contributed by atoms with Gasteiger partial charge in [0.25, 0.3) is 5.91 Å². The number of ether oxygens (including phenoxy) is 2. The third-order valence-electron chi connectivity index (χ3n) is 3.90. The van der Waals surface area contributed by atoms with Gasteiger partial charge in [-0.1, -0.05) is 0 Å². The minimum Gasteiger partial charge on any atom is -0.493 e. The Balaban J connectivity index is 1.71. The van der Waals surface area contributed by atoms with Crippen LogP contribution in [0.25, 0.3) is 0 Å². The van der Waals surface area contributed by atoms with E-state index in [0.717, 1.165) is 38.3 Å². The predicted molar refractivity (Wildman–Crippen MR) is 92.8 cm³/mol. The molecule has 2 heterocycles. The second-order valence-electron chi connectivity index (χ2n) is 5.53. The monoisotopic (exact) mass is 347 g/mol. The van der Waals surface area contributed by atoms with Crippen molar-refractivity contribution in [3.8, 4) is 11.5 Å². The van der Waals surface area contributed by atoms with Crippen LogP contribution in [0.2, 0.25) is 0 Å². The SMILES string of the molecule is COc1cc(C(=O)N2CCCNCC2)ccc1OCc1cscn1. The number of thiazole rings is 1. The highest BCUT2D eigenvalue weighted by molar-refractivity contribution is 7.07. The molecule has 0 bridgehead atoms. The van der Waals surface area contributed by atoms with Crippen LogP contribution in [0.1, 0.15) is 22.5 Å². The molecule has 6 nitrogen and oxygen atoms in total. The van der Waals surface area contributed by atoms with E-state index in [1.54, 1.807) is 30.8 Å². The van der Waals surface area contributed by atoms with Crippen LogP contribution in [0.4, 0.5) is 0 Å². The van der Waals surface area contributed by atoms with Crippen molar-refractivity contribution in [2.75, 3.05) is 33.3 Å². The quantitative estimate of drug-likeness (QED) is 0.898. The molecule has 1 aliphatic heterocycles. The number of carbonyl (C=O) groups excluding carboxylic acids is 1. The summed E-state index contributed by atoms with van der Waals surface area (Å²) in [7, 11) is 1.58. The number of amides is 1. The summed E-state index contributed by atoms with van der Waals surface area (Å²) in [6.07, 6.45) is 0.970. The van der Waals surface area contributed by atoms with Crippen LogP contribution in [-0.4, -0.2) is 49.1 Å². The molecule has 0 unspecified atom stereocenters. The summed E-state index contributed by atoms with van der Waals surface area (Å²) in [4.78, 5) is 18.7. The number of carbonyl (C=O) groups is 1. The molecule has 1 aromatic carbocycles. The minimum absolute atomic E-state index is 0.0306. The Bertz CT molecular complexity index is 668. The molecular formula is C17H21N3O3S. The fraction of sp³-hybridized carbons (Fsp3) is 0.412. The predicted octanol–water partition coefficient (Wildman–Crippen LogP) is 2.17. The van der Waals surface area contributed by atoms with Crippen LogP contribution in [0.3, 0.4) is 0 Å². The van der Waals surface area contributed by atoms with E-state index in [4.69, 9.17) is 9.47 Å². The van der Waals surface area contributed by atoms with Crippen LogP contribution in [0, 0.1) is 0 Å². The lowest BCUT2D eigenvalue weighted by molar-refractivity contribution is 0.0766. The second kappa shape index (κ2) is 8.12. The number of nitrogens with zero attached hydrogens (tertiary/aromatic N) is 2. The fourth-order valence-corrected chi connectivity index (χ4v) is 3.15. The van der Waals surface area contributed by atoms with Gasteiger partial charge in [0, 0.05) is 30.6 Å². The van der Waals surface area contributed by atoms with Gasteiger partial charge in [0.1, 0.15) is 6.61 Å². The lowest BCUT2D eigenvalue weighted by atomic mass is 10.1. The van der Waals surface area contributed by atoms with E-state index in [1.807, 2.05) is 10.3 Å².